The number of benzene rings is 6. The SMILES string of the molecule is FC(F)(F)c1cccc(-c2c(-n3c4ccccc4c4ccc(-c5ncccn5)cc43)cc(C(F)(F)F)cc2-n2c3ccccc3c3ccc(-c4ncccn4)cc32)c1. The summed E-state index contributed by atoms with van der Waals surface area (Å²) in [4.78, 5) is 17.6. The molecule has 0 aliphatic carbocycles. The van der Waals surface area contributed by atoms with Crippen LogP contribution in [0.2, 0.25) is 0 Å². The predicted molar refractivity (Wildman–Crippen MR) is 213 cm³/mol. The third-order valence-corrected chi connectivity index (χ3v) is 10.4. The van der Waals surface area contributed by atoms with Gasteiger partial charge in [-0.05, 0) is 66.2 Å². The van der Waals surface area contributed by atoms with Gasteiger partial charge in [-0.3, -0.25) is 0 Å². The van der Waals surface area contributed by atoms with E-state index in [1.807, 2.05) is 48.5 Å². The molecule has 0 aliphatic rings. The van der Waals surface area contributed by atoms with Crippen LogP contribution in [0.3, 0.4) is 0 Å². The number of hydrogen-bond donors (Lipinski definition) is 0. The fraction of sp³-hybridized carbons (Fsp3) is 0.0435. The van der Waals surface area contributed by atoms with E-state index in [2.05, 4.69) is 19.9 Å². The summed E-state index contributed by atoms with van der Waals surface area (Å²) in [6.07, 6.45) is -3.24. The van der Waals surface area contributed by atoms with Crippen molar-refractivity contribution in [3.63, 3.8) is 0 Å². The average Bonchev–Trinajstić information content (AvgIpc) is 3.75. The monoisotopic (exact) mass is 776 g/mol. The van der Waals surface area contributed by atoms with Crippen molar-refractivity contribution in [2.45, 2.75) is 12.4 Å². The van der Waals surface area contributed by atoms with Gasteiger partial charge in [0.25, 0.3) is 0 Å². The van der Waals surface area contributed by atoms with Gasteiger partial charge in [0, 0.05) is 63.0 Å². The molecule has 12 heteroatoms. The van der Waals surface area contributed by atoms with Gasteiger partial charge in [0.2, 0.25) is 0 Å². The zero-order valence-electron chi connectivity index (χ0n) is 30.0. The fourth-order valence-corrected chi connectivity index (χ4v) is 7.91. The van der Waals surface area contributed by atoms with Gasteiger partial charge < -0.3 is 9.13 Å². The topological polar surface area (TPSA) is 61.4 Å². The molecule has 58 heavy (non-hydrogen) atoms. The first kappa shape index (κ1) is 35.1. The standard InChI is InChI=1S/C46H26F6N6/c47-45(48,49)30-9-5-8-27(22-30)42-40(57-36-12-3-1-10-32(36)34-16-14-28(23-38(34)57)43-53-18-6-19-54-43)25-31(46(50,51)52)26-41(42)58-37-13-4-2-11-33(37)35-17-15-29(24-39(35)58)44-55-20-7-21-56-44/h1-26H. The third-order valence-electron chi connectivity index (χ3n) is 10.4. The first-order chi connectivity index (χ1) is 28.0. The molecule has 6 nitrogen and oxygen atoms in total. The van der Waals surface area contributed by atoms with Crippen LogP contribution in [-0.4, -0.2) is 29.1 Å². The van der Waals surface area contributed by atoms with E-state index >= 15 is 13.2 Å². The Morgan fingerprint density at radius 1 is 0.362 bits per heavy atom. The summed E-state index contributed by atoms with van der Waals surface area (Å²) in [5.74, 6) is 0.792. The highest BCUT2D eigenvalue weighted by molar-refractivity contribution is 6.13. The molecule has 10 rings (SSSR count). The first-order valence-electron chi connectivity index (χ1n) is 18.1. The molecule has 0 N–H and O–H groups in total. The van der Waals surface area contributed by atoms with Gasteiger partial charge in [-0.15, -0.1) is 0 Å². The molecule has 282 valence electrons. The quantitative estimate of drug-likeness (QED) is 0.163. The molecule has 0 saturated heterocycles. The lowest BCUT2D eigenvalue weighted by Crippen LogP contribution is -2.11. The number of fused-ring (bicyclic) bond motifs is 6. The van der Waals surface area contributed by atoms with Crippen molar-refractivity contribution in [1.82, 2.24) is 29.1 Å². The molecule has 6 aromatic carbocycles. The van der Waals surface area contributed by atoms with Crippen molar-refractivity contribution in [2.24, 2.45) is 0 Å². The molecule has 0 saturated carbocycles. The normalized spacial score (nSPS) is 12.3. The minimum absolute atomic E-state index is 0.0231. The van der Waals surface area contributed by atoms with Crippen LogP contribution in [0.25, 0.3) is 88.9 Å². The van der Waals surface area contributed by atoms with E-state index in [-0.39, 0.29) is 22.5 Å². The van der Waals surface area contributed by atoms with Crippen molar-refractivity contribution in [1.29, 1.82) is 0 Å². The summed E-state index contributed by atoms with van der Waals surface area (Å²) in [7, 11) is 0. The highest BCUT2D eigenvalue weighted by Gasteiger charge is 2.35. The molecule has 4 heterocycles. The molecule has 4 aromatic heterocycles. The fourth-order valence-electron chi connectivity index (χ4n) is 7.91. The molecular formula is C46H26F6N6. The predicted octanol–water partition coefficient (Wildman–Crippen LogP) is 12.5. The van der Waals surface area contributed by atoms with Crippen molar-refractivity contribution < 1.29 is 26.3 Å². The summed E-state index contributed by atoms with van der Waals surface area (Å²) >= 11 is 0. The van der Waals surface area contributed by atoms with Crippen LogP contribution in [0.15, 0.2) is 158 Å². The van der Waals surface area contributed by atoms with Gasteiger partial charge in [-0.25, -0.2) is 19.9 Å². The molecule has 10 aromatic rings. The first-order valence-corrected chi connectivity index (χ1v) is 18.1. The van der Waals surface area contributed by atoms with Gasteiger partial charge in [0.15, 0.2) is 11.6 Å². The van der Waals surface area contributed by atoms with Crippen molar-refractivity contribution in [2.75, 3.05) is 0 Å². The lowest BCUT2D eigenvalue weighted by molar-refractivity contribution is -0.138. The van der Waals surface area contributed by atoms with Crippen LogP contribution in [-0.2, 0) is 12.4 Å². The number of nitrogens with zero attached hydrogens (tertiary/aromatic N) is 6. The maximum Gasteiger partial charge on any atom is 0.416 e. The second-order valence-electron chi connectivity index (χ2n) is 13.8. The van der Waals surface area contributed by atoms with Gasteiger partial charge in [0.1, 0.15) is 0 Å². The summed E-state index contributed by atoms with van der Waals surface area (Å²) in [5.41, 5.74) is 1.64. The summed E-state index contributed by atoms with van der Waals surface area (Å²) in [6.45, 7) is 0. The summed E-state index contributed by atoms with van der Waals surface area (Å²) in [5, 5.41) is 2.90. The van der Waals surface area contributed by atoms with Crippen LogP contribution in [0.4, 0.5) is 26.3 Å². The second kappa shape index (κ2) is 13.1. The zero-order valence-corrected chi connectivity index (χ0v) is 30.0. The molecule has 0 fully saturated rings. The Balaban J connectivity index is 1.40. The molecule has 0 radical (unpaired) electrons. The summed E-state index contributed by atoms with van der Waals surface area (Å²) < 4.78 is 93.2. The smallest absolute Gasteiger partial charge is 0.309 e. The Morgan fingerprint density at radius 2 is 0.810 bits per heavy atom. The van der Waals surface area contributed by atoms with E-state index in [4.69, 9.17) is 0 Å². The number of hydrogen-bond acceptors (Lipinski definition) is 4. The Bertz CT molecular complexity index is 3030. The van der Waals surface area contributed by atoms with E-state index in [0.717, 1.165) is 35.0 Å². The van der Waals surface area contributed by atoms with E-state index in [1.54, 1.807) is 82.5 Å². The Kier molecular flexibility index (Phi) is 7.94. The molecule has 0 atom stereocenters. The van der Waals surface area contributed by atoms with E-state index in [0.29, 0.717) is 55.6 Å². The maximum atomic E-state index is 15.4. The van der Waals surface area contributed by atoms with Crippen LogP contribution in [0, 0.1) is 0 Å². The molecular weight excluding hydrogens is 751 g/mol. The summed E-state index contributed by atoms with van der Waals surface area (Å²) in [6, 6.07) is 35.6. The molecule has 0 unspecified atom stereocenters. The van der Waals surface area contributed by atoms with E-state index in [9.17, 15) is 13.2 Å². The molecule has 0 aliphatic heterocycles. The largest absolute Gasteiger partial charge is 0.416 e. The van der Waals surface area contributed by atoms with Crippen LogP contribution in [0.5, 0.6) is 0 Å². The maximum absolute atomic E-state index is 15.4. The number of aromatic nitrogens is 6. The average molecular weight is 777 g/mol. The van der Waals surface area contributed by atoms with Gasteiger partial charge in [-0.2, -0.15) is 26.3 Å². The lowest BCUT2D eigenvalue weighted by atomic mass is 9.96. The molecule has 0 amide bonds. The molecule has 0 bridgehead atoms. The van der Waals surface area contributed by atoms with Gasteiger partial charge in [0.05, 0.1) is 44.6 Å². The highest BCUT2D eigenvalue weighted by Crippen LogP contribution is 2.46. The van der Waals surface area contributed by atoms with Crippen LogP contribution < -0.4 is 0 Å². The minimum atomic E-state index is -4.86. The van der Waals surface area contributed by atoms with Crippen LogP contribution in [0.1, 0.15) is 11.1 Å². The van der Waals surface area contributed by atoms with Gasteiger partial charge in [-0.1, -0.05) is 72.8 Å². The third kappa shape index (κ3) is 5.75. The number of alkyl halides is 6. The lowest BCUT2D eigenvalue weighted by Gasteiger charge is -2.23. The van der Waals surface area contributed by atoms with E-state index < -0.39 is 23.5 Å². The number of rotatable bonds is 5. The Hall–Kier alpha value is -7.34. The second-order valence-corrected chi connectivity index (χ2v) is 13.8. The highest BCUT2D eigenvalue weighted by atomic mass is 19.4. The Morgan fingerprint density at radius 3 is 1.28 bits per heavy atom. The zero-order chi connectivity index (χ0) is 39.8. The van der Waals surface area contributed by atoms with Crippen molar-refractivity contribution in [3.05, 3.63) is 169 Å². The molecule has 0 spiro atoms. The van der Waals surface area contributed by atoms with Crippen molar-refractivity contribution in [3.8, 4) is 45.3 Å². The Labute approximate surface area is 325 Å². The van der Waals surface area contributed by atoms with Crippen LogP contribution >= 0.6 is 0 Å². The van der Waals surface area contributed by atoms with Gasteiger partial charge >= 0.3 is 12.4 Å². The number of para-hydroxylation sites is 2. The van der Waals surface area contributed by atoms with Crippen molar-refractivity contribution >= 4 is 43.6 Å². The number of halogens is 6. The minimum Gasteiger partial charge on any atom is -0.309 e. The van der Waals surface area contributed by atoms with E-state index in [1.165, 1.54) is 12.1 Å².